The van der Waals surface area contributed by atoms with Crippen LogP contribution in [0.4, 0.5) is 5.95 Å². The first-order chi connectivity index (χ1) is 8.74. The van der Waals surface area contributed by atoms with E-state index in [4.69, 9.17) is 10.3 Å². The Hall–Kier alpha value is -1.89. The summed E-state index contributed by atoms with van der Waals surface area (Å²) in [7, 11) is 0. The number of hydrogen-bond acceptors (Lipinski definition) is 5. The van der Waals surface area contributed by atoms with Gasteiger partial charge in [-0.3, -0.25) is 0 Å². The van der Waals surface area contributed by atoms with Crippen molar-refractivity contribution in [1.82, 2.24) is 19.7 Å². The number of anilines is 1. The van der Waals surface area contributed by atoms with Crippen molar-refractivity contribution in [2.45, 2.75) is 13.0 Å². The highest BCUT2D eigenvalue weighted by atomic mass is 79.9. The molecule has 0 aliphatic rings. The molecule has 0 spiro atoms. The summed E-state index contributed by atoms with van der Waals surface area (Å²) in [6, 6.07) is 5.86. The highest BCUT2D eigenvalue weighted by Crippen LogP contribution is 2.22. The van der Waals surface area contributed by atoms with Crippen LogP contribution in [-0.4, -0.2) is 19.7 Å². The molecule has 0 aliphatic carbocycles. The average molecular weight is 308 g/mol. The predicted molar refractivity (Wildman–Crippen MR) is 69.8 cm³/mol. The van der Waals surface area contributed by atoms with E-state index in [0.29, 0.717) is 24.8 Å². The molecule has 7 heteroatoms. The first-order valence-electron chi connectivity index (χ1n) is 5.41. The summed E-state index contributed by atoms with van der Waals surface area (Å²) in [5.41, 5.74) is 7.78. The Morgan fingerprint density at radius 1 is 1.39 bits per heavy atom. The van der Waals surface area contributed by atoms with Gasteiger partial charge >= 0.3 is 0 Å². The molecule has 0 atom stereocenters. The molecule has 0 saturated carbocycles. The number of imidazole rings is 1. The quantitative estimate of drug-likeness (QED) is 0.800. The van der Waals surface area contributed by atoms with Gasteiger partial charge in [-0.2, -0.15) is 4.98 Å². The van der Waals surface area contributed by atoms with E-state index >= 15 is 0 Å². The van der Waals surface area contributed by atoms with Crippen LogP contribution in [0.2, 0.25) is 0 Å². The molecule has 0 bridgehead atoms. The lowest BCUT2D eigenvalue weighted by Crippen LogP contribution is -2.05. The molecule has 6 nitrogen and oxygen atoms in total. The van der Waals surface area contributed by atoms with Crippen molar-refractivity contribution in [2.24, 2.45) is 0 Å². The van der Waals surface area contributed by atoms with E-state index in [1.807, 2.05) is 22.8 Å². The van der Waals surface area contributed by atoms with Crippen LogP contribution in [0.25, 0.3) is 11.0 Å². The third-order valence-electron chi connectivity index (χ3n) is 2.70. The number of aryl methyl sites for hydroxylation is 2. The highest BCUT2D eigenvalue weighted by Gasteiger charge is 2.09. The van der Waals surface area contributed by atoms with Gasteiger partial charge in [0.25, 0.3) is 0 Å². The van der Waals surface area contributed by atoms with Crippen molar-refractivity contribution >= 4 is 32.9 Å². The molecule has 2 heterocycles. The zero-order chi connectivity index (χ0) is 12.5. The summed E-state index contributed by atoms with van der Waals surface area (Å²) < 4.78 is 7.89. The third kappa shape index (κ3) is 1.97. The number of nitrogens with two attached hydrogens (primary N) is 1. The highest BCUT2D eigenvalue weighted by molar-refractivity contribution is 9.10. The van der Waals surface area contributed by atoms with E-state index in [0.717, 1.165) is 15.5 Å². The van der Waals surface area contributed by atoms with Gasteiger partial charge in [0.1, 0.15) is 0 Å². The summed E-state index contributed by atoms with van der Waals surface area (Å²) in [5.74, 6) is 1.08. The molecule has 3 aromatic rings. The second-order valence-electron chi connectivity index (χ2n) is 3.84. The summed E-state index contributed by atoms with van der Waals surface area (Å²) in [5, 5.41) is 3.57. The van der Waals surface area contributed by atoms with E-state index < -0.39 is 0 Å². The maximum atomic E-state index is 5.91. The smallest absolute Gasteiger partial charge is 0.228 e. The minimum Gasteiger partial charge on any atom is -0.369 e. The van der Waals surface area contributed by atoms with Crippen LogP contribution in [0.3, 0.4) is 0 Å². The van der Waals surface area contributed by atoms with Gasteiger partial charge < -0.3 is 14.8 Å². The van der Waals surface area contributed by atoms with Crippen LogP contribution < -0.4 is 5.73 Å². The van der Waals surface area contributed by atoms with Crippen molar-refractivity contribution in [3.8, 4) is 0 Å². The van der Waals surface area contributed by atoms with Crippen molar-refractivity contribution in [3.05, 3.63) is 34.9 Å². The number of aromatic nitrogens is 4. The van der Waals surface area contributed by atoms with Crippen molar-refractivity contribution in [3.63, 3.8) is 0 Å². The monoisotopic (exact) mass is 307 g/mol. The largest absolute Gasteiger partial charge is 0.369 e. The molecular weight excluding hydrogens is 298 g/mol. The number of fused-ring (bicyclic) bond motifs is 1. The topological polar surface area (TPSA) is 82.8 Å². The lowest BCUT2D eigenvalue weighted by atomic mass is 10.3. The van der Waals surface area contributed by atoms with Gasteiger partial charge in [-0.15, -0.1) is 0 Å². The molecule has 2 aromatic heterocycles. The van der Waals surface area contributed by atoms with Crippen LogP contribution in [0, 0.1) is 0 Å². The van der Waals surface area contributed by atoms with Crippen molar-refractivity contribution < 1.29 is 4.52 Å². The van der Waals surface area contributed by atoms with Gasteiger partial charge in [0, 0.05) is 17.4 Å². The number of hydrogen-bond donors (Lipinski definition) is 1. The van der Waals surface area contributed by atoms with Crippen LogP contribution in [0.1, 0.15) is 5.89 Å². The van der Waals surface area contributed by atoms with Gasteiger partial charge in [0.05, 0.1) is 11.0 Å². The Labute approximate surface area is 111 Å². The normalized spacial score (nSPS) is 11.2. The second kappa shape index (κ2) is 4.41. The van der Waals surface area contributed by atoms with E-state index in [-0.39, 0.29) is 0 Å². The van der Waals surface area contributed by atoms with Crippen LogP contribution in [0.15, 0.2) is 33.5 Å². The Bertz CT molecular complexity index is 676. The maximum Gasteiger partial charge on any atom is 0.228 e. The van der Waals surface area contributed by atoms with Crippen LogP contribution >= 0.6 is 15.9 Å². The Kier molecular flexibility index (Phi) is 2.75. The third-order valence-corrected chi connectivity index (χ3v) is 3.19. The first-order valence-corrected chi connectivity index (χ1v) is 6.20. The van der Waals surface area contributed by atoms with Gasteiger partial charge in [-0.05, 0) is 18.2 Å². The molecule has 3 rings (SSSR count). The molecule has 0 unspecified atom stereocenters. The van der Waals surface area contributed by atoms with E-state index in [9.17, 15) is 0 Å². The molecule has 0 amide bonds. The number of nitrogens with zero attached hydrogens (tertiary/aromatic N) is 4. The number of nitrogen functional groups attached to an aromatic ring is 1. The van der Waals surface area contributed by atoms with E-state index in [2.05, 4.69) is 31.1 Å². The molecule has 0 radical (unpaired) electrons. The van der Waals surface area contributed by atoms with Crippen LogP contribution in [0.5, 0.6) is 0 Å². The summed E-state index contributed by atoms with van der Waals surface area (Å²) >= 11 is 3.44. The molecule has 18 heavy (non-hydrogen) atoms. The molecule has 0 aliphatic heterocycles. The molecule has 0 fully saturated rings. The molecule has 1 aromatic carbocycles. The molecule has 2 N–H and O–H groups in total. The van der Waals surface area contributed by atoms with E-state index in [1.165, 1.54) is 6.33 Å². The van der Waals surface area contributed by atoms with Crippen molar-refractivity contribution in [2.75, 3.05) is 5.73 Å². The molecule has 92 valence electrons. The summed E-state index contributed by atoms with van der Waals surface area (Å²) in [6.45, 7) is 0.654. The fourth-order valence-corrected chi connectivity index (χ4v) is 2.21. The fourth-order valence-electron chi connectivity index (χ4n) is 1.86. The summed E-state index contributed by atoms with van der Waals surface area (Å²) in [6.07, 6.45) is 2.02. The summed E-state index contributed by atoms with van der Waals surface area (Å²) in [4.78, 5) is 8.29. The lowest BCUT2D eigenvalue weighted by molar-refractivity contribution is 0.372. The minimum atomic E-state index is 0.489. The number of benzene rings is 1. The standard InChI is InChI=1S/C11H10BrN5O/c12-7-1-2-8-9(5-7)17(11(13)16-8)4-3-10-14-6-15-18-10/h1-2,5-6H,3-4H2,(H2,13,16). The van der Waals surface area contributed by atoms with E-state index in [1.54, 1.807) is 0 Å². The number of rotatable bonds is 3. The Balaban J connectivity index is 1.95. The Morgan fingerprint density at radius 2 is 2.28 bits per heavy atom. The zero-order valence-corrected chi connectivity index (χ0v) is 11.0. The van der Waals surface area contributed by atoms with Gasteiger partial charge in [-0.25, -0.2) is 4.98 Å². The SMILES string of the molecule is Nc1nc2ccc(Br)cc2n1CCc1ncno1. The number of halogens is 1. The van der Waals surface area contributed by atoms with Gasteiger partial charge in [0.2, 0.25) is 11.8 Å². The minimum absolute atomic E-state index is 0.489. The maximum absolute atomic E-state index is 5.91. The van der Waals surface area contributed by atoms with Crippen LogP contribution in [-0.2, 0) is 13.0 Å². The predicted octanol–water partition coefficient (Wildman–Crippen LogP) is 2.01. The van der Waals surface area contributed by atoms with Gasteiger partial charge in [-0.1, -0.05) is 21.1 Å². The van der Waals surface area contributed by atoms with Gasteiger partial charge in [0.15, 0.2) is 6.33 Å². The fraction of sp³-hybridized carbons (Fsp3) is 0.182. The zero-order valence-electron chi connectivity index (χ0n) is 9.38. The first kappa shape index (κ1) is 11.2. The average Bonchev–Trinajstić information content (AvgIpc) is 2.94. The molecule has 0 saturated heterocycles. The molecular formula is C11H10BrN5O. The van der Waals surface area contributed by atoms with Crippen molar-refractivity contribution in [1.29, 1.82) is 0 Å². The Morgan fingerprint density at radius 3 is 3.06 bits per heavy atom. The lowest BCUT2D eigenvalue weighted by Gasteiger charge is -2.04. The second-order valence-corrected chi connectivity index (χ2v) is 4.76.